The van der Waals surface area contributed by atoms with Gasteiger partial charge in [0.2, 0.25) is 10.0 Å². The summed E-state index contributed by atoms with van der Waals surface area (Å²) in [6, 6.07) is 0. The lowest BCUT2D eigenvalue weighted by atomic mass is 9.89. The summed E-state index contributed by atoms with van der Waals surface area (Å²) in [7, 11) is -3.17. The van der Waals surface area contributed by atoms with Crippen molar-refractivity contribution in [2.24, 2.45) is 17.8 Å². The van der Waals surface area contributed by atoms with Crippen molar-refractivity contribution in [2.75, 3.05) is 18.8 Å². The molecular weight excluding hydrogens is 242 g/mol. The van der Waals surface area contributed by atoms with Crippen molar-refractivity contribution in [1.82, 2.24) is 4.31 Å². The molecule has 0 amide bonds. The molecule has 0 bridgehead atoms. The Morgan fingerprint density at radius 3 is 2.29 bits per heavy atom. The lowest BCUT2D eigenvalue weighted by molar-refractivity contribution is -0.144. The Hall–Kier alpha value is -0.620. The maximum Gasteiger partial charge on any atom is 0.306 e. The van der Waals surface area contributed by atoms with Crippen LogP contribution in [0.25, 0.3) is 0 Å². The van der Waals surface area contributed by atoms with E-state index in [-0.39, 0.29) is 11.7 Å². The van der Waals surface area contributed by atoms with Gasteiger partial charge in [0.15, 0.2) is 0 Å². The fraction of sp³-hybridized carbons (Fsp3) is 0.909. The number of carboxylic acid groups (broad SMARTS) is 1. The minimum absolute atomic E-state index is 0.0404. The van der Waals surface area contributed by atoms with Crippen molar-refractivity contribution in [3.05, 3.63) is 0 Å². The van der Waals surface area contributed by atoms with Gasteiger partial charge in [-0.1, -0.05) is 20.8 Å². The predicted octanol–water partition coefficient (Wildman–Crippen LogP) is 1.01. The van der Waals surface area contributed by atoms with E-state index in [0.717, 1.165) is 0 Å². The zero-order valence-corrected chi connectivity index (χ0v) is 11.4. The van der Waals surface area contributed by atoms with Crippen LogP contribution in [0.1, 0.15) is 27.2 Å². The number of carbonyl (C=O) groups is 1. The third-order valence-electron chi connectivity index (χ3n) is 3.32. The topological polar surface area (TPSA) is 74.7 Å². The molecule has 100 valence electrons. The molecule has 1 heterocycles. The Bertz CT molecular complexity index is 371. The third-order valence-corrected chi connectivity index (χ3v) is 5.16. The summed E-state index contributed by atoms with van der Waals surface area (Å²) >= 11 is 0. The van der Waals surface area contributed by atoms with Crippen LogP contribution in [-0.2, 0) is 14.8 Å². The molecule has 0 aromatic carbocycles. The van der Waals surface area contributed by atoms with E-state index in [0.29, 0.717) is 25.4 Å². The van der Waals surface area contributed by atoms with Crippen LogP contribution in [0.5, 0.6) is 0 Å². The molecule has 1 N–H and O–H groups in total. The van der Waals surface area contributed by atoms with Gasteiger partial charge in [-0.15, -0.1) is 0 Å². The molecule has 1 atom stereocenters. The smallest absolute Gasteiger partial charge is 0.306 e. The summed E-state index contributed by atoms with van der Waals surface area (Å²) in [6.07, 6.45) is 0.651. The summed E-state index contributed by atoms with van der Waals surface area (Å²) in [5, 5.41) is 8.81. The van der Waals surface area contributed by atoms with Gasteiger partial charge in [-0.3, -0.25) is 4.79 Å². The number of hydrogen-bond acceptors (Lipinski definition) is 3. The van der Waals surface area contributed by atoms with E-state index in [1.54, 1.807) is 6.92 Å². The van der Waals surface area contributed by atoms with Crippen molar-refractivity contribution in [1.29, 1.82) is 0 Å². The van der Waals surface area contributed by atoms with Gasteiger partial charge in [-0.25, -0.2) is 12.7 Å². The Labute approximate surface area is 103 Å². The van der Waals surface area contributed by atoms with Crippen molar-refractivity contribution in [3.8, 4) is 0 Å². The van der Waals surface area contributed by atoms with E-state index in [2.05, 4.69) is 0 Å². The van der Waals surface area contributed by atoms with E-state index < -0.39 is 21.9 Å². The number of nitrogens with zero attached hydrogens (tertiary/aromatic N) is 1. The largest absolute Gasteiger partial charge is 0.481 e. The molecule has 17 heavy (non-hydrogen) atoms. The molecule has 1 fully saturated rings. The highest BCUT2D eigenvalue weighted by atomic mass is 32.2. The van der Waals surface area contributed by atoms with Gasteiger partial charge in [0.05, 0.1) is 11.7 Å². The third kappa shape index (κ3) is 3.67. The van der Waals surface area contributed by atoms with Crippen LogP contribution in [0.3, 0.4) is 0 Å². The van der Waals surface area contributed by atoms with Crippen molar-refractivity contribution >= 4 is 16.0 Å². The van der Waals surface area contributed by atoms with Gasteiger partial charge in [-0.2, -0.15) is 0 Å². The van der Waals surface area contributed by atoms with Crippen molar-refractivity contribution in [2.45, 2.75) is 27.2 Å². The second-order valence-electron chi connectivity index (χ2n) is 5.20. The minimum atomic E-state index is -3.17. The first-order chi connectivity index (χ1) is 7.74. The van der Waals surface area contributed by atoms with Gasteiger partial charge >= 0.3 is 5.97 Å². The number of sulfonamides is 1. The highest BCUT2D eigenvalue weighted by Gasteiger charge is 2.40. The molecule has 1 rings (SSSR count). The van der Waals surface area contributed by atoms with Crippen molar-refractivity contribution < 1.29 is 18.3 Å². The molecule has 1 unspecified atom stereocenters. The maximum absolute atomic E-state index is 11.8. The van der Waals surface area contributed by atoms with Gasteiger partial charge in [0, 0.05) is 13.1 Å². The summed E-state index contributed by atoms with van der Waals surface area (Å²) in [4.78, 5) is 10.7. The Kier molecular flexibility index (Phi) is 4.55. The summed E-state index contributed by atoms with van der Waals surface area (Å²) in [5.74, 6) is -0.833. The highest BCUT2D eigenvalue weighted by Crippen LogP contribution is 2.27. The molecule has 0 radical (unpaired) electrons. The predicted molar refractivity (Wildman–Crippen MR) is 65.1 cm³/mol. The van der Waals surface area contributed by atoms with Crippen LogP contribution >= 0.6 is 0 Å². The molecule has 5 nitrogen and oxygen atoms in total. The molecule has 0 spiro atoms. The molecule has 0 aliphatic carbocycles. The number of carboxylic acids is 1. The standard InChI is InChI=1S/C11H21NO4S/c1-8(2)4-5-17(15,16)12-6-10(7-12)9(3)11(13)14/h8-10H,4-7H2,1-3H3,(H,13,14). The Balaban J connectivity index is 2.44. The molecule has 0 aromatic rings. The quantitative estimate of drug-likeness (QED) is 0.776. The molecule has 1 saturated heterocycles. The molecule has 0 saturated carbocycles. The average Bonchev–Trinajstić information content (AvgIpc) is 2.11. The molecule has 0 aromatic heterocycles. The SMILES string of the molecule is CC(C)CCS(=O)(=O)N1CC(C(C)C(=O)O)C1. The van der Waals surface area contributed by atoms with Gasteiger partial charge in [-0.05, 0) is 18.3 Å². The monoisotopic (exact) mass is 263 g/mol. The number of hydrogen-bond donors (Lipinski definition) is 1. The maximum atomic E-state index is 11.8. The lowest BCUT2D eigenvalue weighted by Crippen LogP contribution is -2.54. The summed E-state index contributed by atoms with van der Waals surface area (Å²) in [6.45, 7) is 6.31. The van der Waals surface area contributed by atoms with E-state index in [9.17, 15) is 13.2 Å². The van der Waals surface area contributed by atoms with Gasteiger partial charge in [0.1, 0.15) is 0 Å². The van der Waals surface area contributed by atoms with Crippen LogP contribution < -0.4 is 0 Å². The fourth-order valence-corrected chi connectivity index (χ4v) is 3.59. The van der Waals surface area contributed by atoms with Crippen molar-refractivity contribution in [3.63, 3.8) is 0 Å². The first-order valence-corrected chi connectivity index (χ1v) is 7.55. The van der Waals surface area contributed by atoms with Crippen LogP contribution in [0, 0.1) is 17.8 Å². The highest BCUT2D eigenvalue weighted by molar-refractivity contribution is 7.89. The second kappa shape index (κ2) is 5.35. The number of rotatable bonds is 6. The minimum Gasteiger partial charge on any atom is -0.481 e. The molecule has 1 aliphatic rings. The van der Waals surface area contributed by atoms with Gasteiger partial charge < -0.3 is 5.11 Å². The van der Waals surface area contributed by atoms with E-state index >= 15 is 0 Å². The molecular formula is C11H21NO4S. The second-order valence-corrected chi connectivity index (χ2v) is 7.29. The zero-order valence-electron chi connectivity index (χ0n) is 10.6. The summed E-state index contributed by atoms with van der Waals surface area (Å²) in [5.41, 5.74) is 0. The Morgan fingerprint density at radius 1 is 1.35 bits per heavy atom. The molecule has 6 heteroatoms. The van der Waals surface area contributed by atoms with Crippen LogP contribution in [0.15, 0.2) is 0 Å². The fourth-order valence-electron chi connectivity index (χ4n) is 1.73. The first-order valence-electron chi connectivity index (χ1n) is 5.94. The van der Waals surface area contributed by atoms with Crippen LogP contribution in [0.2, 0.25) is 0 Å². The van der Waals surface area contributed by atoms with Crippen LogP contribution in [-0.4, -0.2) is 42.6 Å². The zero-order chi connectivity index (χ0) is 13.2. The number of aliphatic carboxylic acids is 1. The average molecular weight is 263 g/mol. The van der Waals surface area contributed by atoms with E-state index in [4.69, 9.17) is 5.11 Å². The Morgan fingerprint density at radius 2 is 1.88 bits per heavy atom. The van der Waals surface area contributed by atoms with Gasteiger partial charge in [0.25, 0.3) is 0 Å². The normalized spacial score (nSPS) is 20.2. The van der Waals surface area contributed by atoms with E-state index in [1.807, 2.05) is 13.8 Å². The van der Waals surface area contributed by atoms with E-state index in [1.165, 1.54) is 4.31 Å². The molecule has 1 aliphatic heterocycles. The summed E-state index contributed by atoms with van der Waals surface area (Å²) < 4.78 is 25.1. The van der Waals surface area contributed by atoms with Crippen LogP contribution in [0.4, 0.5) is 0 Å². The first kappa shape index (κ1) is 14.4. The lowest BCUT2D eigenvalue weighted by Gasteiger charge is -2.40.